The Bertz CT molecular complexity index is 706. The number of aromatic nitrogens is 1. The van der Waals surface area contributed by atoms with Crippen molar-refractivity contribution in [1.29, 1.82) is 0 Å². The van der Waals surface area contributed by atoms with Gasteiger partial charge in [-0.2, -0.15) is 0 Å². The van der Waals surface area contributed by atoms with E-state index in [1.54, 1.807) is 12.3 Å². The normalized spacial score (nSPS) is 14.3. The molecule has 3 rings (SSSR count). The lowest BCUT2D eigenvalue weighted by Gasteiger charge is -2.20. The molecule has 0 aliphatic heterocycles. The van der Waals surface area contributed by atoms with Gasteiger partial charge in [0.15, 0.2) is 0 Å². The lowest BCUT2D eigenvalue weighted by atomic mass is 10.1. The van der Waals surface area contributed by atoms with Gasteiger partial charge in [0.2, 0.25) is 5.91 Å². The summed E-state index contributed by atoms with van der Waals surface area (Å²) in [5, 5.41) is 10.4. The Kier molecular flexibility index (Phi) is 3.59. The van der Waals surface area contributed by atoms with Gasteiger partial charge in [0.1, 0.15) is 6.54 Å². The Hall–Kier alpha value is -2.01. The first-order valence-electron chi connectivity index (χ1n) is 6.81. The van der Waals surface area contributed by atoms with Gasteiger partial charge in [-0.05, 0) is 36.6 Å². The molecule has 6 heteroatoms. The maximum atomic E-state index is 12.4. The van der Waals surface area contributed by atoms with Gasteiger partial charge >= 0.3 is 5.97 Å². The summed E-state index contributed by atoms with van der Waals surface area (Å²) < 4.78 is 0. The molecule has 1 aromatic heterocycles. The molecular weight excluding hydrogens is 292 g/mol. The van der Waals surface area contributed by atoms with Crippen molar-refractivity contribution < 1.29 is 14.7 Å². The number of amides is 1. The van der Waals surface area contributed by atoms with Crippen molar-refractivity contribution >= 4 is 34.4 Å². The number of nitrogens with one attached hydrogen (secondary N) is 1. The van der Waals surface area contributed by atoms with E-state index >= 15 is 0 Å². The van der Waals surface area contributed by atoms with Crippen molar-refractivity contribution in [2.45, 2.75) is 25.3 Å². The van der Waals surface area contributed by atoms with E-state index in [0.29, 0.717) is 5.02 Å². The summed E-state index contributed by atoms with van der Waals surface area (Å²) in [7, 11) is 0. The van der Waals surface area contributed by atoms with Crippen LogP contribution in [0.2, 0.25) is 5.02 Å². The highest BCUT2D eigenvalue weighted by atomic mass is 35.5. The molecule has 1 aliphatic carbocycles. The largest absolute Gasteiger partial charge is 0.480 e. The predicted octanol–water partition coefficient (Wildman–Crippen LogP) is 2.44. The molecule has 0 unspecified atom stereocenters. The van der Waals surface area contributed by atoms with Crippen molar-refractivity contribution in [3.8, 4) is 0 Å². The molecule has 0 radical (unpaired) electrons. The number of carboxylic acid groups (broad SMARTS) is 1. The van der Waals surface area contributed by atoms with Gasteiger partial charge in [-0.25, -0.2) is 0 Å². The maximum Gasteiger partial charge on any atom is 0.323 e. The number of fused-ring (bicyclic) bond motifs is 1. The molecule has 1 saturated carbocycles. The highest BCUT2D eigenvalue weighted by Crippen LogP contribution is 2.28. The summed E-state index contributed by atoms with van der Waals surface area (Å²) in [5.74, 6) is -1.13. The van der Waals surface area contributed by atoms with Crippen LogP contribution in [0.3, 0.4) is 0 Å². The van der Waals surface area contributed by atoms with Crippen LogP contribution in [0.1, 0.15) is 18.4 Å². The highest BCUT2D eigenvalue weighted by molar-refractivity contribution is 6.31. The molecule has 1 amide bonds. The third-order valence-corrected chi connectivity index (χ3v) is 3.92. The quantitative estimate of drug-likeness (QED) is 0.891. The van der Waals surface area contributed by atoms with Crippen LogP contribution < -0.4 is 0 Å². The van der Waals surface area contributed by atoms with Crippen LogP contribution in [0.5, 0.6) is 0 Å². The molecule has 0 spiro atoms. The third kappa shape index (κ3) is 3.03. The Labute approximate surface area is 126 Å². The van der Waals surface area contributed by atoms with Gasteiger partial charge in [-0.3, -0.25) is 9.59 Å². The molecule has 21 heavy (non-hydrogen) atoms. The number of H-pyrrole nitrogens is 1. The van der Waals surface area contributed by atoms with E-state index in [-0.39, 0.29) is 24.9 Å². The monoisotopic (exact) mass is 306 g/mol. The lowest BCUT2D eigenvalue weighted by Crippen LogP contribution is -2.38. The molecule has 0 atom stereocenters. The number of benzene rings is 1. The topological polar surface area (TPSA) is 73.4 Å². The molecule has 110 valence electrons. The zero-order valence-electron chi connectivity index (χ0n) is 11.3. The van der Waals surface area contributed by atoms with Crippen LogP contribution in [0.4, 0.5) is 0 Å². The second kappa shape index (κ2) is 5.41. The number of aromatic amines is 1. The SMILES string of the molecule is O=C(O)CN(C(=O)Cc1c[nH]c2ccc(Cl)cc12)C1CC1. The number of carbonyl (C=O) groups excluding carboxylic acids is 1. The van der Waals surface area contributed by atoms with Gasteiger partial charge in [0, 0.05) is 28.2 Å². The minimum atomic E-state index is -0.975. The fourth-order valence-electron chi connectivity index (χ4n) is 2.51. The van der Waals surface area contributed by atoms with Crippen molar-refractivity contribution in [1.82, 2.24) is 9.88 Å². The van der Waals surface area contributed by atoms with Crippen molar-refractivity contribution in [3.63, 3.8) is 0 Å². The number of aliphatic carboxylic acids is 1. The zero-order chi connectivity index (χ0) is 15.0. The van der Waals surface area contributed by atoms with E-state index in [1.165, 1.54) is 4.90 Å². The van der Waals surface area contributed by atoms with E-state index in [1.807, 2.05) is 12.1 Å². The third-order valence-electron chi connectivity index (χ3n) is 3.68. The molecular formula is C15H15ClN2O3. The number of halogens is 1. The number of carbonyl (C=O) groups is 2. The molecule has 1 aliphatic rings. The van der Waals surface area contributed by atoms with Gasteiger partial charge in [-0.1, -0.05) is 11.6 Å². The van der Waals surface area contributed by atoms with Gasteiger partial charge in [0.25, 0.3) is 0 Å². The van der Waals surface area contributed by atoms with E-state index in [0.717, 1.165) is 29.3 Å². The van der Waals surface area contributed by atoms with E-state index in [4.69, 9.17) is 16.7 Å². The molecule has 1 aromatic carbocycles. The van der Waals surface area contributed by atoms with E-state index in [2.05, 4.69) is 4.98 Å². The second-order valence-corrected chi connectivity index (χ2v) is 5.76. The van der Waals surface area contributed by atoms with Crippen LogP contribution in [0.15, 0.2) is 24.4 Å². The minimum Gasteiger partial charge on any atom is -0.480 e. The fourth-order valence-corrected chi connectivity index (χ4v) is 2.69. The zero-order valence-corrected chi connectivity index (χ0v) is 12.1. The Morgan fingerprint density at radius 1 is 1.38 bits per heavy atom. The molecule has 2 N–H and O–H groups in total. The highest BCUT2D eigenvalue weighted by Gasteiger charge is 2.33. The average molecular weight is 307 g/mol. The molecule has 0 bridgehead atoms. The summed E-state index contributed by atoms with van der Waals surface area (Å²) in [6, 6.07) is 5.55. The van der Waals surface area contributed by atoms with Crippen LogP contribution in [0, 0.1) is 0 Å². The Morgan fingerprint density at radius 3 is 2.81 bits per heavy atom. The fraction of sp³-hybridized carbons (Fsp3) is 0.333. The minimum absolute atomic E-state index is 0.0855. The summed E-state index contributed by atoms with van der Waals surface area (Å²) >= 11 is 5.99. The maximum absolute atomic E-state index is 12.4. The Morgan fingerprint density at radius 2 is 2.14 bits per heavy atom. The number of hydrogen-bond acceptors (Lipinski definition) is 2. The van der Waals surface area contributed by atoms with Crippen LogP contribution in [-0.2, 0) is 16.0 Å². The van der Waals surface area contributed by atoms with Crippen LogP contribution in [0.25, 0.3) is 10.9 Å². The first-order valence-corrected chi connectivity index (χ1v) is 7.19. The smallest absolute Gasteiger partial charge is 0.323 e. The van der Waals surface area contributed by atoms with Gasteiger partial charge in [-0.15, -0.1) is 0 Å². The molecule has 0 saturated heterocycles. The van der Waals surface area contributed by atoms with E-state index < -0.39 is 5.97 Å². The number of nitrogens with zero attached hydrogens (tertiary/aromatic N) is 1. The van der Waals surface area contributed by atoms with Crippen molar-refractivity contribution in [3.05, 3.63) is 35.0 Å². The van der Waals surface area contributed by atoms with Crippen molar-refractivity contribution in [2.75, 3.05) is 6.54 Å². The first kappa shape index (κ1) is 13.9. The number of carboxylic acids is 1. The lowest BCUT2D eigenvalue weighted by molar-refractivity contribution is -0.144. The standard InChI is InChI=1S/C15H15ClN2O3/c16-10-1-4-13-12(6-10)9(7-17-13)5-14(19)18(8-15(20)21)11-2-3-11/h1,4,6-7,11,17H,2-3,5,8H2,(H,20,21). The average Bonchev–Trinajstić information content (AvgIpc) is 3.20. The molecule has 1 heterocycles. The van der Waals surface area contributed by atoms with Gasteiger partial charge in [0.05, 0.1) is 6.42 Å². The molecule has 5 nitrogen and oxygen atoms in total. The summed E-state index contributed by atoms with van der Waals surface area (Å²) in [6.07, 6.45) is 3.74. The van der Waals surface area contributed by atoms with Crippen LogP contribution in [-0.4, -0.2) is 39.5 Å². The second-order valence-electron chi connectivity index (χ2n) is 5.33. The number of rotatable bonds is 5. The Balaban J connectivity index is 1.81. The summed E-state index contributed by atoms with van der Waals surface area (Å²) in [4.78, 5) is 27.8. The summed E-state index contributed by atoms with van der Waals surface area (Å²) in [6.45, 7) is -0.230. The molecule has 1 fully saturated rings. The predicted molar refractivity (Wildman–Crippen MR) is 79.4 cm³/mol. The number of hydrogen-bond donors (Lipinski definition) is 2. The van der Waals surface area contributed by atoms with Crippen LogP contribution >= 0.6 is 11.6 Å². The first-order chi connectivity index (χ1) is 10.0. The van der Waals surface area contributed by atoms with E-state index in [9.17, 15) is 9.59 Å². The van der Waals surface area contributed by atoms with Crippen molar-refractivity contribution in [2.24, 2.45) is 0 Å². The van der Waals surface area contributed by atoms with Gasteiger partial charge < -0.3 is 15.0 Å². The summed E-state index contributed by atoms with van der Waals surface area (Å²) in [5.41, 5.74) is 1.76. The molecule has 2 aromatic rings.